The zero-order valence-electron chi connectivity index (χ0n) is 11.8. The maximum atomic E-state index is 13.2. The summed E-state index contributed by atoms with van der Waals surface area (Å²) in [5.41, 5.74) is 0.115. The Balaban J connectivity index is 2.15. The lowest BCUT2D eigenvalue weighted by molar-refractivity contribution is -0.130. The van der Waals surface area contributed by atoms with E-state index in [-0.39, 0.29) is 17.6 Å². The van der Waals surface area contributed by atoms with E-state index in [1.54, 1.807) is 0 Å². The lowest BCUT2D eigenvalue weighted by atomic mass is 9.70. The van der Waals surface area contributed by atoms with Crippen LogP contribution in [0.15, 0.2) is 18.2 Å². The Bertz CT molecular complexity index is 456. The molecule has 1 saturated heterocycles. The van der Waals surface area contributed by atoms with Crippen molar-refractivity contribution in [3.05, 3.63) is 35.4 Å². The molecule has 110 valence electrons. The third-order valence-corrected chi connectivity index (χ3v) is 4.17. The summed E-state index contributed by atoms with van der Waals surface area (Å²) in [4.78, 5) is 12.6. The number of Topliss-reactive ketones (excluding diaryl/α,β-unsaturated/α-hetero) is 1. The highest BCUT2D eigenvalue weighted by atomic mass is 19.1. The molecule has 20 heavy (non-hydrogen) atoms. The summed E-state index contributed by atoms with van der Waals surface area (Å²) in [6.45, 7) is 3.74. The molecule has 0 spiro atoms. The van der Waals surface area contributed by atoms with Crippen molar-refractivity contribution in [2.24, 2.45) is 5.41 Å². The predicted molar refractivity (Wildman–Crippen MR) is 74.5 cm³/mol. The van der Waals surface area contributed by atoms with Crippen molar-refractivity contribution in [1.29, 1.82) is 0 Å². The van der Waals surface area contributed by atoms with Crippen molar-refractivity contribution >= 4 is 5.78 Å². The number of benzene rings is 1. The van der Waals surface area contributed by atoms with Gasteiger partial charge in [0.15, 0.2) is 0 Å². The van der Waals surface area contributed by atoms with Crippen LogP contribution in [0.3, 0.4) is 0 Å². The predicted octanol–water partition coefficient (Wildman–Crippen LogP) is 3.25. The van der Waals surface area contributed by atoms with Crippen molar-refractivity contribution < 1.29 is 13.6 Å². The monoisotopic (exact) mass is 281 g/mol. The summed E-state index contributed by atoms with van der Waals surface area (Å²) in [6.07, 6.45) is 3.55. The number of halogens is 2. The molecule has 1 heterocycles. The van der Waals surface area contributed by atoms with Crippen molar-refractivity contribution in [2.75, 3.05) is 13.1 Å². The van der Waals surface area contributed by atoms with Gasteiger partial charge < -0.3 is 5.32 Å². The fourth-order valence-corrected chi connectivity index (χ4v) is 3.14. The largest absolute Gasteiger partial charge is 0.317 e. The van der Waals surface area contributed by atoms with E-state index in [2.05, 4.69) is 12.2 Å². The van der Waals surface area contributed by atoms with E-state index in [4.69, 9.17) is 0 Å². The van der Waals surface area contributed by atoms with Crippen LogP contribution in [-0.4, -0.2) is 18.9 Å². The third-order valence-electron chi connectivity index (χ3n) is 4.17. The molecule has 1 aromatic rings. The van der Waals surface area contributed by atoms with Gasteiger partial charge in [0.2, 0.25) is 0 Å². The first-order valence-electron chi connectivity index (χ1n) is 7.25. The first-order chi connectivity index (χ1) is 9.55. The van der Waals surface area contributed by atoms with Gasteiger partial charge in [0.05, 0.1) is 0 Å². The molecule has 0 saturated carbocycles. The Morgan fingerprint density at radius 2 is 1.80 bits per heavy atom. The second-order valence-corrected chi connectivity index (χ2v) is 5.66. The molecule has 0 aromatic heterocycles. The average Bonchev–Trinajstić information content (AvgIpc) is 2.38. The van der Waals surface area contributed by atoms with Crippen molar-refractivity contribution in [3.63, 3.8) is 0 Å². The number of hydrogen-bond donors (Lipinski definition) is 1. The molecule has 1 aromatic carbocycles. The van der Waals surface area contributed by atoms with E-state index in [9.17, 15) is 13.6 Å². The van der Waals surface area contributed by atoms with Gasteiger partial charge in [-0.2, -0.15) is 0 Å². The maximum Gasteiger partial charge on any atom is 0.143 e. The fourth-order valence-electron chi connectivity index (χ4n) is 3.14. The number of carbonyl (C=O) groups is 1. The van der Waals surface area contributed by atoms with Crippen LogP contribution in [0.1, 0.15) is 38.2 Å². The molecule has 0 unspecified atom stereocenters. The minimum Gasteiger partial charge on any atom is -0.317 e. The van der Waals surface area contributed by atoms with Crippen molar-refractivity contribution in [2.45, 2.75) is 39.0 Å². The smallest absolute Gasteiger partial charge is 0.143 e. The molecule has 4 heteroatoms. The third kappa shape index (κ3) is 3.42. The topological polar surface area (TPSA) is 29.1 Å². The van der Waals surface area contributed by atoms with Gasteiger partial charge in [-0.15, -0.1) is 0 Å². The summed E-state index contributed by atoms with van der Waals surface area (Å²) in [5.74, 6) is -1.13. The van der Waals surface area contributed by atoms with E-state index >= 15 is 0 Å². The van der Waals surface area contributed by atoms with E-state index in [1.165, 1.54) is 12.1 Å². The van der Waals surface area contributed by atoms with Gasteiger partial charge in [-0.3, -0.25) is 4.79 Å². The zero-order chi connectivity index (χ0) is 14.6. The number of carbonyl (C=O) groups excluding carboxylic acids is 1. The quantitative estimate of drug-likeness (QED) is 0.897. The van der Waals surface area contributed by atoms with E-state index in [0.717, 1.165) is 44.8 Å². The van der Waals surface area contributed by atoms with Gasteiger partial charge >= 0.3 is 0 Å². The van der Waals surface area contributed by atoms with Gasteiger partial charge in [-0.25, -0.2) is 8.78 Å². The van der Waals surface area contributed by atoms with E-state index in [1.807, 2.05) is 0 Å². The van der Waals surface area contributed by atoms with Crippen molar-refractivity contribution in [1.82, 2.24) is 5.32 Å². The number of nitrogens with one attached hydrogen (secondary N) is 1. The minimum atomic E-state index is -0.623. The second kappa shape index (κ2) is 6.44. The van der Waals surface area contributed by atoms with Gasteiger partial charge in [-0.05, 0) is 50.0 Å². The number of piperidine rings is 1. The van der Waals surface area contributed by atoms with Crippen LogP contribution in [0.4, 0.5) is 8.78 Å². The Kier molecular flexibility index (Phi) is 4.86. The standard InChI is InChI=1S/C16H21F2NO/c1-2-3-16(4-6-19-7-5-16)15(20)10-12-8-13(17)11-14(18)9-12/h8-9,11,19H,2-7,10H2,1H3. The Labute approximate surface area is 118 Å². The van der Waals surface area contributed by atoms with Gasteiger partial charge in [0, 0.05) is 17.9 Å². The maximum absolute atomic E-state index is 13.2. The molecule has 0 aliphatic carbocycles. The summed E-state index contributed by atoms with van der Waals surface area (Å²) in [5, 5.41) is 3.26. The second-order valence-electron chi connectivity index (χ2n) is 5.66. The lowest BCUT2D eigenvalue weighted by Crippen LogP contribution is -2.42. The van der Waals surface area contributed by atoms with Gasteiger partial charge in [0.25, 0.3) is 0 Å². The fraction of sp³-hybridized carbons (Fsp3) is 0.562. The molecular formula is C16H21F2NO. The molecular weight excluding hydrogens is 260 g/mol. The molecule has 2 rings (SSSR count). The SMILES string of the molecule is CCCC1(C(=O)Cc2cc(F)cc(F)c2)CCNCC1. The lowest BCUT2D eigenvalue weighted by Gasteiger charge is -2.36. The average molecular weight is 281 g/mol. The van der Waals surface area contributed by atoms with Crippen LogP contribution >= 0.6 is 0 Å². The summed E-state index contributed by atoms with van der Waals surface area (Å²) >= 11 is 0. The van der Waals surface area contributed by atoms with Crippen LogP contribution in [0.5, 0.6) is 0 Å². The molecule has 1 fully saturated rings. The highest BCUT2D eigenvalue weighted by Gasteiger charge is 2.37. The Morgan fingerprint density at radius 3 is 2.35 bits per heavy atom. The van der Waals surface area contributed by atoms with Crippen LogP contribution in [0.2, 0.25) is 0 Å². The van der Waals surface area contributed by atoms with Crippen LogP contribution in [0.25, 0.3) is 0 Å². The summed E-state index contributed by atoms with van der Waals surface area (Å²) in [6, 6.07) is 3.34. The molecule has 1 N–H and O–H groups in total. The van der Waals surface area contributed by atoms with Crippen LogP contribution in [-0.2, 0) is 11.2 Å². The molecule has 2 nitrogen and oxygen atoms in total. The normalized spacial score (nSPS) is 17.9. The van der Waals surface area contributed by atoms with Crippen molar-refractivity contribution in [3.8, 4) is 0 Å². The number of ketones is 1. The Hall–Kier alpha value is -1.29. The first kappa shape index (κ1) is 15.1. The molecule has 0 atom stereocenters. The zero-order valence-corrected chi connectivity index (χ0v) is 11.8. The molecule has 0 amide bonds. The summed E-state index contributed by atoms with van der Waals surface area (Å²) in [7, 11) is 0. The molecule has 1 aliphatic heterocycles. The Morgan fingerprint density at radius 1 is 1.20 bits per heavy atom. The van der Waals surface area contributed by atoms with Gasteiger partial charge in [-0.1, -0.05) is 13.3 Å². The van der Waals surface area contributed by atoms with Crippen LogP contribution < -0.4 is 5.32 Å². The van der Waals surface area contributed by atoms with Gasteiger partial charge in [0.1, 0.15) is 17.4 Å². The highest BCUT2D eigenvalue weighted by Crippen LogP contribution is 2.36. The number of rotatable bonds is 5. The molecule has 1 aliphatic rings. The highest BCUT2D eigenvalue weighted by molar-refractivity contribution is 5.87. The number of hydrogen-bond acceptors (Lipinski definition) is 2. The van der Waals surface area contributed by atoms with Crippen LogP contribution in [0, 0.1) is 17.0 Å². The minimum absolute atomic E-state index is 0.117. The molecule has 0 radical (unpaired) electrons. The molecule has 0 bridgehead atoms. The van der Waals surface area contributed by atoms with E-state index < -0.39 is 11.6 Å². The first-order valence-corrected chi connectivity index (χ1v) is 7.25. The van der Waals surface area contributed by atoms with E-state index in [0.29, 0.717) is 5.56 Å². The summed E-state index contributed by atoms with van der Waals surface area (Å²) < 4.78 is 26.4.